The number of nitrogens with one attached hydrogen (secondary N) is 1. The van der Waals surface area contributed by atoms with Crippen LogP contribution in [-0.4, -0.2) is 36.3 Å². The Morgan fingerprint density at radius 3 is 2.77 bits per heavy atom. The second-order valence-electron chi connectivity index (χ2n) is 6.67. The molecule has 0 saturated carbocycles. The Kier molecular flexibility index (Phi) is 5.62. The van der Waals surface area contributed by atoms with Gasteiger partial charge in [-0.25, -0.2) is 0 Å². The van der Waals surface area contributed by atoms with E-state index in [2.05, 4.69) is 5.32 Å². The van der Waals surface area contributed by atoms with Gasteiger partial charge in [0.05, 0.1) is 5.92 Å². The minimum absolute atomic E-state index is 0.0229. The van der Waals surface area contributed by atoms with Crippen LogP contribution in [0.3, 0.4) is 0 Å². The maximum Gasteiger partial charge on any atom is 0.253 e. The molecule has 1 heterocycles. The Balaban J connectivity index is 1.78. The molecule has 1 aliphatic rings. The summed E-state index contributed by atoms with van der Waals surface area (Å²) in [4.78, 5) is 26.6. The summed E-state index contributed by atoms with van der Waals surface area (Å²) in [6.07, 6.45) is 0.716. The van der Waals surface area contributed by atoms with E-state index in [0.29, 0.717) is 36.6 Å². The summed E-state index contributed by atoms with van der Waals surface area (Å²) in [7, 11) is 0. The summed E-state index contributed by atoms with van der Waals surface area (Å²) in [5, 5.41) is 3.54. The molecule has 0 bridgehead atoms. The molecule has 3 rings (SSSR count). The largest absolute Gasteiger partial charge is 0.356 e. The highest BCUT2D eigenvalue weighted by molar-refractivity contribution is 6.30. The zero-order chi connectivity index (χ0) is 18.7. The molecule has 1 N–H and O–H groups in total. The maximum atomic E-state index is 12.9. The first-order valence-electron chi connectivity index (χ1n) is 8.93. The highest BCUT2D eigenvalue weighted by atomic mass is 35.5. The van der Waals surface area contributed by atoms with Crippen molar-refractivity contribution >= 4 is 23.4 Å². The van der Waals surface area contributed by atoms with E-state index in [4.69, 9.17) is 11.6 Å². The number of nitrogens with zero attached hydrogens (tertiary/aromatic N) is 1. The predicted octanol–water partition coefficient (Wildman–Crippen LogP) is 3.91. The number of hydrogen-bond donors (Lipinski definition) is 1. The van der Waals surface area contributed by atoms with E-state index in [9.17, 15) is 9.59 Å². The molecule has 136 valence electrons. The van der Waals surface area contributed by atoms with E-state index >= 15 is 0 Å². The molecular formula is C21H23ClN2O2. The van der Waals surface area contributed by atoms with Gasteiger partial charge in [-0.1, -0.05) is 29.8 Å². The molecule has 0 aliphatic carbocycles. The fourth-order valence-electron chi connectivity index (χ4n) is 3.43. The number of hydrogen-bond acceptors (Lipinski definition) is 2. The van der Waals surface area contributed by atoms with Crippen LogP contribution in [0.5, 0.6) is 0 Å². The van der Waals surface area contributed by atoms with Gasteiger partial charge in [0.2, 0.25) is 5.91 Å². The van der Waals surface area contributed by atoms with Crippen molar-refractivity contribution < 1.29 is 9.59 Å². The van der Waals surface area contributed by atoms with Crippen molar-refractivity contribution in [2.24, 2.45) is 5.92 Å². The zero-order valence-electron chi connectivity index (χ0n) is 15.1. The summed E-state index contributed by atoms with van der Waals surface area (Å²) in [6, 6.07) is 13.4. The van der Waals surface area contributed by atoms with Crippen molar-refractivity contribution in [1.82, 2.24) is 10.2 Å². The van der Waals surface area contributed by atoms with Crippen LogP contribution in [0.1, 0.15) is 29.3 Å². The molecule has 0 radical (unpaired) electrons. The number of benzene rings is 2. The van der Waals surface area contributed by atoms with Gasteiger partial charge >= 0.3 is 0 Å². The topological polar surface area (TPSA) is 49.4 Å². The average Bonchev–Trinajstić information content (AvgIpc) is 3.11. The molecule has 4 nitrogen and oxygen atoms in total. The van der Waals surface area contributed by atoms with Crippen LogP contribution in [0.2, 0.25) is 5.02 Å². The lowest BCUT2D eigenvalue weighted by molar-refractivity contribution is -0.124. The fraction of sp³-hybridized carbons (Fsp3) is 0.333. The molecule has 1 saturated heterocycles. The number of likely N-dealkylation sites (tertiary alicyclic amines) is 1. The van der Waals surface area contributed by atoms with Gasteiger partial charge in [-0.05, 0) is 61.2 Å². The number of carbonyl (C=O) groups excluding carboxylic acids is 2. The molecule has 1 fully saturated rings. The van der Waals surface area contributed by atoms with E-state index in [1.54, 1.807) is 4.90 Å². The van der Waals surface area contributed by atoms with Crippen LogP contribution < -0.4 is 5.32 Å². The molecule has 5 heteroatoms. The quantitative estimate of drug-likeness (QED) is 0.886. The molecule has 2 aromatic rings. The van der Waals surface area contributed by atoms with Crippen LogP contribution in [0.25, 0.3) is 11.1 Å². The van der Waals surface area contributed by atoms with Gasteiger partial charge < -0.3 is 10.2 Å². The summed E-state index contributed by atoms with van der Waals surface area (Å²) < 4.78 is 0. The van der Waals surface area contributed by atoms with Crippen LogP contribution in [0, 0.1) is 12.8 Å². The Labute approximate surface area is 159 Å². The van der Waals surface area contributed by atoms with Crippen molar-refractivity contribution in [3.05, 3.63) is 58.6 Å². The zero-order valence-corrected chi connectivity index (χ0v) is 15.8. The number of rotatable bonds is 4. The minimum Gasteiger partial charge on any atom is -0.356 e. The van der Waals surface area contributed by atoms with Crippen LogP contribution in [0.15, 0.2) is 42.5 Å². The molecule has 1 atom stereocenters. The second kappa shape index (κ2) is 7.92. The lowest BCUT2D eigenvalue weighted by Gasteiger charge is -2.17. The van der Waals surface area contributed by atoms with Gasteiger partial charge in [-0.2, -0.15) is 0 Å². The van der Waals surface area contributed by atoms with Gasteiger partial charge in [0.15, 0.2) is 0 Å². The maximum absolute atomic E-state index is 12.9. The van der Waals surface area contributed by atoms with Crippen molar-refractivity contribution in [1.29, 1.82) is 0 Å². The Morgan fingerprint density at radius 2 is 2.04 bits per heavy atom. The van der Waals surface area contributed by atoms with Crippen LogP contribution in [0.4, 0.5) is 0 Å². The number of carbonyl (C=O) groups is 2. The van der Waals surface area contributed by atoms with Crippen LogP contribution in [-0.2, 0) is 4.79 Å². The number of halogens is 1. The Morgan fingerprint density at radius 1 is 1.23 bits per heavy atom. The Bertz CT molecular complexity index is 835. The van der Waals surface area contributed by atoms with E-state index < -0.39 is 0 Å². The molecule has 2 amide bonds. The molecule has 0 aromatic heterocycles. The number of aryl methyl sites for hydroxylation is 1. The highest BCUT2D eigenvalue weighted by Crippen LogP contribution is 2.27. The monoisotopic (exact) mass is 370 g/mol. The lowest BCUT2D eigenvalue weighted by atomic mass is 9.98. The third-order valence-electron chi connectivity index (χ3n) is 4.81. The third kappa shape index (κ3) is 3.91. The summed E-state index contributed by atoms with van der Waals surface area (Å²) in [6.45, 7) is 5.62. The Hall–Kier alpha value is -2.33. The molecule has 0 unspecified atom stereocenters. The average molecular weight is 371 g/mol. The van der Waals surface area contributed by atoms with Crippen molar-refractivity contribution in [3.8, 4) is 11.1 Å². The van der Waals surface area contributed by atoms with E-state index in [0.717, 1.165) is 16.7 Å². The first-order valence-corrected chi connectivity index (χ1v) is 9.31. The van der Waals surface area contributed by atoms with Crippen LogP contribution >= 0.6 is 11.6 Å². The molecular weight excluding hydrogens is 348 g/mol. The normalized spacial score (nSPS) is 16.6. The van der Waals surface area contributed by atoms with E-state index in [-0.39, 0.29) is 17.7 Å². The standard InChI is InChI=1S/C21H23ClN2O2/c1-3-23-20(25)17-9-10-24(13-17)21(26)16-6-4-5-15(12-16)19-8-7-18(22)11-14(19)2/h4-8,11-12,17H,3,9-10,13H2,1-2H3,(H,23,25)/t17-/m1/s1. The van der Waals surface area contributed by atoms with Gasteiger partial charge in [0.1, 0.15) is 0 Å². The smallest absolute Gasteiger partial charge is 0.253 e. The molecule has 2 aromatic carbocycles. The van der Waals surface area contributed by atoms with E-state index in [1.165, 1.54) is 0 Å². The molecule has 26 heavy (non-hydrogen) atoms. The summed E-state index contributed by atoms with van der Waals surface area (Å²) in [5.41, 5.74) is 3.77. The summed E-state index contributed by atoms with van der Waals surface area (Å²) >= 11 is 6.04. The SMILES string of the molecule is CCNC(=O)[C@@H]1CCN(C(=O)c2cccc(-c3ccc(Cl)cc3C)c2)C1. The van der Waals surface area contributed by atoms with Gasteiger partial charge in [0, 0.05) is 30.2 Å². The van der Waals surface area contributed by atoms with Gasteiger partial charge in [-0.3, -0.25) is 9.59 Å². The van der Waals surface area contributed by atoms with Crippen molar-refractivity contribution in [3.63, 3.8) is 0 Å². The lowest BCUT2D eigenvalue weighted by Crippen LogP contribution is -2.34. The molecule has 1 aliphatic heterocycles. The summed E-state index contributed by atoms with van der Waals surface area (Å²) in [5.74, 6) is -0.0980. The van der Waals surface area contributed by atoms with Gasteiger partial charge in [0.25, 0.3) is 5.91 Å². The van der Waals surface area contributed by atoms with Gasteiger partial charge in [-0.15, -0.1) is 0 Å². The third-order valence-corrected chi connectivity index (χ3v) is 5.04. The first kappa shape index (κ1) is 18.5. The van der Waals surface area contributed by atoms with Crippen molar-refractivity contribution in [2.45, 2.75) is 20.3 Å². The molecule has 0 spiro atoms. The fourth-order valence-corrected chi connectivity index (χ4v) is 3.66. The highest BCUT2D eigenvalue weighted by Gasteiger charge is 2.31. The second-order valence-corrected chi connectivity index (χ2v) is 7.11. The van der Waals surface area contributed by atoms with Crippen molar-refractivity contribution in [2.75, 3.05) is 19.6 Å². The van der Waals surface area contributed by atoms with E-state index in [1.807, 2.05) is 56.3 Å². The number of amides is 2. The first-order chi connectivity index (χ1) is 12.5. The predicted molar refractivity (Wildman–Crippen MR) is 104 cm³/mol. The minimum atomic E-state index is -0.111.